The van der Waals surface area contributed by atoms with Gasteiger partial charge in [-0.3, -0.25) is 0 Å². The quantitative estimate of drug-likeness (QED) is 0.513. The molecular formula is C19H40O3Si2. The lowest BCUT2D eigenvalue weighted by molar-refractivity contribution is 0.0935. The molecule has 2 atom stereocenters. The molecule has 142 valence electrons. The summed E-state index contributed by atoms with van der Waals surface area (Å²) in [5, 5.41) is 10.1. The largest absolute Gasteiger partial charge is 0.414 e. The third-order valence-corrected chi connectivity index (χ3v) is 15.2. The summed E-state index contributed by atoms with van der Waals surface area (Å²) in [5.41, 5.74) is 1.04. The lowest BCUT2D eigenvalue weighted by atomic mass is 9.95. The summed E-state index contributed by atoms with van der Waals surface area (Å²) in [5.74, 6) is 0. The highest BCUT2D eigenvalue weighted by Gasteiger charge is 2.43. The van der Waals surface area contributed by atoms with E-state index in [1.54, 1.807) is 0 Å². The SMILES string of the molecule is CC(C)(C)[Si](C)(C)O[C@@H]1CC=C(CO)[C@@H](O[Si](C)(C)C(C)(C)C)C1. The molecule has 0 aromatic heterocycles. The molecule has 0 unspecified atom stereocenters. The van der Waals surface area contributed by atoms with E-state index in [4.69, 9.17) is 8.85 Å². The average Bonchev–Trinajstić information content (AvgIpc) is 2.35. The fraction of sp³-hybridized carbons (Fsp3) is 0.895. The minimum absolute atomic E-state index is 0.000546. The van der Waals surface area contributed by atoms with Gasteiger partial charge in [-0.25, -0.2) is 0 Å². The highest BCUT2D eigenvalue weighted by atomic mass is 28.4. The second kappa shape index (κ2) is 7.35. The van der Waals surface area contributed by atoms with Crippen LogP contribution in [0, 0.1) is 0 Å². The van der Waals surface area contributed by atoms with Crippen LogP contribution in [-0.2, 0) is 8.85 Å². The van der Waals surface area contributed by atoms with Crippen LogP contribution in [0.3, 0.4) is 0 Å². The molecule has 0 saturated heterocycles. The zero-order valence-electron chi connectivity index (χ0n) is 17.6. The Balaban J connectivity index is 2.91. The van der Waals surface area contributed by atoms with Crippen molar-refractivity contribution in [2.24, 2.45) is 0 Å². The van der Waals surface area contributed by atoms with Crippen molar-refractivity contribution in [3.63, 3.8) is 0 Å². The third-order valence-electron chi connectivity index (χ3n) is 6.23. The van der Waals surface area contributed by atoms with E-state index in [9.17, 15) is 5.11 Å². The highest BCUT2D eigenvalue weighted by molar-refractivity contribution is 6.74. The van der Waals surface area contributed by atoms with Gasteiger partial charge in [0.1, 0.15) is 0 Å². The molecule has 5 heteroatoms. The first kappa shape index (κ1) is 22.1. The highest BCUT2D eigenvalue weighted by Crippen LogP contribution is 2.42. The van der Waals surface area contributed by atoms with Crippen molar-refractivity contribution in [2.45, 2.75) is 103 Å². The van der Waals surface area contributed by atoms with Gasteiger partial charge < -0.3 is 14.0 Å². The monoisotopic (exact) mass is 372 g/mol. The lowest BCUT2D eigenvalue weighted by Gasteiger charge is -2.44. The number of hydrogen-bond acceptors (Lipinski definition) is 3. The predicted molar refractivity (Wildman–Crippen MR) is 109 cm³/mol. The van der Waals surface area contributed by atoms with Gasteiger partial charge in [-0.2, -0.15) is 0 Å². The summed E-state index contributed by atoms with van der Waals surface area (Å²) in [4.78, 5) is 0. The Morgan fingerprint density at radius 2 is 1.42 bits per heavy atom. The summed E-state index contributed by atoms with van der Waals surface area (Å²) < 4.78 is 13.2. The predicted octanol–water partition coefficient (Wildman–Crippen LogP) is 5.48. The number of aliphatic hydroxyl groups excluding tert-OH is 1. The molecule has 0 heterocycles. The maximum absolute atomic E-state index is 9.74. The Hall–Kier alpha value is 0.0538. The number of hydrogen-bond donors (Lipinski definition) is 1. The van der Waals surface area contributed by atoms with Crippen LogP contribution in [0.15, 0.2) is 11.6 Å². The molecule has 0 fully saturated rings. The molecule has 0 amide bonds. The van der Waals surface area contributed by atoms with Gasteiger partial charge in [0.25, 0.3) is 0 Å². The van der Waals surface area contributed by atoms with Gasteiger partial charge in [0.05, 0.1) is 18.8 Å². The number of rotatable bonds is 5. The first-order valence-electron chi connectivity index (χ1n) is 9.26. The fourth-order valence-corrected chi connectivity index (χ4v) is 5.10. The van der Waals surface area contributed by atoms with E-state index in [2.05, 4.69) is 73.8 Å². The lowest BCUT2D eigenvalue weighted by Crippen LogP contribution is -2.49. The van der Waals surface area contributed by atoms with Gasteiger partial charge in [0.15, 0.2) is 16.6 Å². The first-order valence-corrected chi connectivity index (χ1v) is 15.1. The van der Waals surface area contributed by atoms with Crippen molar-refractivity contribution in [1.29, 1.82) is 0 Å². The minimum atomic E-state index is -1.87. The van der Waals surface area contributed by atoms with E-state index in [1.165, 1.54) is 0 Å². The van der Waals surface area contributed by atoms with Crippen LogP contribution in [0.25, 0.3) is 0 Å². The van der Waals surface area contributed by atoms with Crippen LogP contribution in [0.5, 0.6) is 0 Å². The molecule has 24 heavy (non-hydrogen) atoms. The van der Waals surface area contributed by atoms with E-state index in [-0.39, 0.29) is 28.9 Å². The van der Waals surface area contributed by atoms with Crippen LogP contribution in [0.4, 0.5) is 0 Å². The van der Waals surface area contributed by atoms with Crippen LogP contribution in [0.2, 0.25) is 36.3 Å². The van der Waals surface area contributed by atoms with E-state index >= 15 is 0 Å². The number of aliphatic hydroxyl groups is 1. The molecule has 0 aliphatic heterocycles. The fourth-order valence-electron chi connectivity index (χ4n) is 2.41. The van der Waals surface area contributed by atoms with E-state index in [0.717, 1.165) is 18.4 Å². The van der Waals surface area contributed by atoms with Gasteiger partial charge in [-0.05, 0) is 48.3 Å². The molecule has 1 N–H and O–H groups in total. The molecule has 0 aromatic rings. The minimum Gasteiger partial charge on any atom is -0.414 e. The van der Waals surface area contributed by atoms with Crippen molar-refractivity contribution in [3.8, 4) is 0 Å². The molecule has 0 radical (unpaired) electrons. The molecule has 0 aromatic carbocycles. The Bertz CT molecular complexity index is 456. The van der Waals surface area contributed by atoms with Gasteiger partial charge in [-0.15, -0.1) is 0 Å². The molecule has 0 bridgehead atoms. The molecular weight excluding hydrogens is 332 g/mol. The molecule has 1 rings (SSSR count). The van der Waals surface area contributed by atoms with Crippen molar-refractivity contribution in [2.75, 3.05) is 6.61 Å². The second-order valence-electron chi connectivity index (χ2n) is 10.3. The maximum atomic E-state index is 9.74. The zero-order valence-corrected chi connectivity index (χ0v) is 19.6. The average molecular weight is 373 g/mol. The van der Waals surface area contributed by atoms with Gasteiger partial charge in [-0.1, -0.05) is 47.6 Å². The van der Waals surface area contributed by atoms with Crippen molar-refractivity contribution >= 4 is 16.6 Å². The Morgan fingerprint density at radius 1 is 0.958 bits per heavy atom. The summed E-state index contributed by atoms with van der Waals surface area (Å²) in [6.45, 7) is 22.9. The zero-order chi connectivity index (χ0) is 19.0. The van der Waals surface area contributed by atoms with Gasteiger partial charge >= 0.3 is 0 Å². The third kappa shape index (κ3) is 5.27. The normalized spacial score (nSPS) is 24.0. The molecule has 3 nitrogen and oxygen atoms in total. The molecule has 0 saturated carbocycles. The van der Waals surface area contributed by atoms with E-state index < -0.39 is 16.6 Å². The Morgan fingerprint density at radius 3 is 1.83 bits per heavy atom. The van der Waals surface area contributed by atoms with E-state index in [1.807, 2.05) is 0 Å². The van der Waals surface area contributed by atoms with Crippen molar-refractivity contribution < 1.29 is 14.0 Å². The first-order chi connectivity index (χ1) is 10.6. The van der Waals surface area contributed by atoms with Gasteiger partial charge in [0.2, 0.25) is 0 Å². The van der Waals surface area contributed by atoms with Gasteiger partial charge in [0, 0.05) is 6.42 Å². The molecule has 1 aliphatic carbocycles. The smallest absolute Gasteiger partial charge is 0.192 e. The maximum Gasteiger partial charge on any atom is 0.192 e. The van der Waals surface area contributed by atoms with Crippen molar-refractivity contribution in [3.05, 3.63) is 11.6 Å². The standard InChI is InChI=1S/C19H40O3Si2/c1-18(2,3)23(7,8)21-16-12-11-15(14-20)17(13-16)22-24(9,10)19(4,5)6/h11,16-17,20H,12-14H2,1-10H3/t16-,17+/m1/s1. The van der Waals surface area contributed by atoms with Crippen LogP contribution in [0.1, 0.15) is 54.4 Å². The Kier molecular flexibility index (Phi) is 6.77. The second-order valence-corrected chi connectivity index (χ2v) is 19.8. The van der Waals surface area contributed by atoms with Crippen LogP contribution < -0.4 is 0 Å². The summed E-state index contributed by atoms with van der Waals surface area (Å²) >= 11 is 0. The van der Waals surface area contributed by atoms with E-state index in [0.29, 0.717) is 0 Å². The van der Waals surface area contributed by atoms with Crippen molar-refractivity contribution in [1.82, 2.24) is 0 Å². The van der Waals surface area contributed by atoms with Crippen LogP contribution in [-0.4, -0.2) is 40.6 Å². The summed E-state index contributed by atoms with van der Waals surface area (Å²) in [7, 11) is -3.66. The van der Waals surface area contributed by atoms with Crippen LogP contribution >= 0.6 is 0 Å². The molecule has 0 spiro atoms. The topological polar surface area (TPSA) is 38.7 Å². The summed E-state index contributed by atoms with van der Waals surface area (Å²) in [6, 6.07) is 0. The summed E-state index contributed by atoms with van der Waals surface area (Å²) in [6.07, 6.45) is 4.11. The molecule has 1 aliphatic rings. The Labute approximate surface area is 152 Å².